The third-order valence-corrected chi connectivity index (χ3v) is 2.26. The number of aromatic nitrogens is 4. The molecule has 0 bridgehead atoms. The molecule has 2 rings (SSSR count). The van der Waals surface area contributed by atoms with Crippen molar-refractivity contribution in [3.8, 4) is 17.5 Å². The SMILES string of the molecule is COc1cc(NC(=O)CC#N)cc(-n2cnnn2)c1. The minimum atomic E-state index is -0.390. The highest BCUT2D eigenvalue weighted by molar-refractivity contribution is 5.92. The second-order valence-corrected chi connectivity index (χ2v) is 3.56. The molecular weight excluding hydrogens is 248 g/mol. The molecule has 0 unspecified atom stereocenters. The van der Waals surface area contributed by atoms with Crippen LogP contribution in [0, 0.1) is 11.3 Å². The Morgan fingerprint density at radius 3 is 3.00 bits per heavy atom. The second kappa shape index (κ2) is 5.59. The van der Waals surface area contributed by atoms with Crippen molar-refractivity contribution in [2.75, 3.05) is 12.4 Å². The topological polar surface area (TPSA) is 106 Å². The van der Waals surface area contributed by atoms with E-state index in [2.05, 4.69) is 20.8 Å². The number of tetrazole rings is 1. The number of amides is 1. The lowest BCUT2D eigenvalue weighted by atomic mass is 10.2. The van der Waals surface area contributed by atoms with Crippen molar-refractivity contribution in [1.29, 1.82) is 5.26 Å². The molecule has 96 valence electrons. The number of methoxy groups -OCH3 is 1. The van der Waals surface area contributed by atoms with Gasteiger partial charge in [-0.25, -0.2) is 4.68 Å². The molecule has 2 aromatic rings. The van der Waals surface area contributed by atoms with E-state index < -0.39 is 5.91 Å². The highest BCUT2D eigenvalue weighted by atomic mass is 16.5. The number of carbonyl (C=O) groups is 1. The van der Waals surface area contributed by atoms with Gasteiger partial charge in [-0.1, -0.05) is 0 Å². The summed E-state index contributed by atoms with van der Waals surface area (Å²) >= 11 is 0. The van der Waals surface area contributed by atoms with Gasteiger partial charge < -0.3 is 10.1 Å². The summed E-state index contributed by atoms with van der Waals surface area (Å²) in [6, 6.07) is 6.81. The average Bonchev–Trinajstić information content (AvgIpc) is 2.92. The maximum absolute atomic E-state index is 11.4. The summed E-state index contributed by atoms with van der Waals surface area (Å²) in [5.41, 5.74) is 1.14. The molecular formula is C11H10N6O2. The largest absolute Gasteiger partial charge is 0.497 e. The Balaban J connectivity index is 2.32. The number of nitrogens with one attached hydrogen (secondary N) is 1. The van der Waals surface area contributed by atoms with Gasteiger partial charge in [0, 0.05) is 17.8 Å². The highest BCUT2D eigenvalue weighted by Gasteiger charge is 2.07. The molecule has 0 fully saturated rings. The number of anilines is 1. The molecule has 0 aliphatic rings. The molecule has 8 heteroatoms. The smallest absolute Gasteiger partial charge is 0.238 e. The van der Waals surface area contributed by atoms with E-state index in [1.54, 1.807) is 24.3 Å². The second-order valence-electron chi connectivity index (χ2n) is 3.56. The first-order valence-electron chi connectivity index (χ1n) is 5.32. The van der Waals surface area contributed by atoms with Crippen LogP contribution in [-0.2, 0) is 4.79 Å². The first-order valence-corrected chi connectivity index (χ1v) is 5.32. The van der Waals surface area contributed by atoms with Crippen molar-refractivity contribution in [3.63, 3.8) is 0 Å². The minimum absolute atomic E-state index is 0.211. The van der Waals surface area contributed by atoms with Crippen molar-refractivity contribution in [2.45, 2.75) is 6.42 Å². The Bertz CT molecular complexity index is 617. The Morgan fingerprint density at radius 1 is 1.53 bits per heavy atom. The molecule has 19 heavy (non-hydrogen) atoms. The summed E-state index contributed by atoms with van der Waals surface area (Å²) in [7, 11) is 1.51. The number of nitriles is 1. The third-order valence-electron chi connectivity index (χ3n) is 2.26. The van der Waals surface area contributed by atoms with E-state index in [0.29, 0.717) is 17.1 Å². The van der Waals surface area contributed by atoms with Crippen LogP contribution in [0.1, 0.15) is 6.42 Å². The van der Waals surface area contributed by atoms with E-state index in [1.165, 1.54) is 18.1 Å². The predicted octanol–water partition coefficient (Wildman–Crippen LogP) is 0.523. The zero-order valence-electron chi connectivity index (χ0n) is 10.1. The molecule has 0 aliphatic carbocycles. The van der Waals surface area contributed by atoms with Crippen molar-refractivity contribution < 1.29 is 9.53 Å². The van der Waals surface area contributed by atoms with E-state index in [-0.39, 0.29) is 6.42 Å². The van der Waals surface area contributed by atoms with Crippen LogP contribution in [0.4, 0.5) is 5.69 Å². The van der Waals surface area contributed by atoms with Gasteiger partial charge in [0.2, 0.25) is 5.91 Å². The van der Waals surface area contributed by atoms with Gasteiger partial charge in [-0.2, -0.15) is 5.26 Å². The van der Waals surface area contributed by atoms with Crippen LogP contribution in [0.3, 0.4) is 0 Å². The van der Waals surface area contributed by atoms with Gasteiger partial charge in [0.25, 0.3) is 0 Å². The first kappa shape index (κ1) is 12.5. The number of ether oxygens (including phenoxy) is 1. The standard InChI is InChI=1S/C11H10N6O2/c1-19-10-5-8(14-11(18)2-3-12)4-9(6-10)17-7-13-15-16-17/h4-7H,2H2,1H3,(H,14,18). The van der Waals surface area contributed by atoms with Crippen LogP contribution < -0.4 is 10.1 Å². The molecule has 1 N–H and O–H groups in total. The van der Waals surface area contributed by atoms with Crippen molar-refractivity contribution in [2.24, 2.45) is 0 Å². The Labute approximate surface area is 108 Å². The maximum atomic E-state index is 11.4. The lowest BCUT2D eigenvalue weighted by molar-refractivity contribution is -0.115. The summed E-state index contributed by atoms with van der Waals surface area (Å²) in [5, 5.41) is 21.9. The van der Waals surface area contributed by atoms with Gasteiger partial charge in [0.05, 0.1) is 18.9 Å². The number of hydrogen-bond acceptors (Lipinski definition) is 6. The lowest BCUT2D eigenvalue weighted by Gasteiger charge is -2.09. The Kier molecular flexibility index (Phi) is 3.68. The van der Waals surface area contributed by atoms with E-state index in [0.717, 1.165) is 0 Å². The number of benzene rings is 1. The predicted molar refractivity (Wildman–Crippen MR) is 64.6 cm³/mol. The van der Waals surface area contributed by atoms with Crippen LogP contribution in [-0.4, -0.2) is 33.2 Å². The molecule has 1 aromatic carbocycles. The van der Waals surface area contributed by atoms with Crippen LogP contribution in [0.25, 0.3) is 5.69 Å². The fraction of sp³-hybridized carbons (Fsp3) is 0.182. The summed E-state index contributed by atoms with van der Waals surface area (Å²) < 4.78 is 6.57. The Morgan fingerprint density at radius 2 is 2.37 bits per heavy atom. The molecule has 0 saturated heterocycles. The van der Waals surface area contributed by atoms with Crippen molar-refractivity contribution >= 4 is 11.6 Å². The number of rotatable bonds is 4. The number of nitrogens with zero attached hydrogens (tertiary/aromatic N) is 5. The normalized spacial score (nSPS) is 9.68. The molecule has 0 saturated carbocycles. The van der Waals surface area contributed by atoms with Gasteiger partial charge in [0.1, 0.15) is 18.5 Å². The molecule has 1 heterocycles. The van der Waals surface area contributed by atoms with Crippen LogP contribution >= 0.6 is 0 Å². The quantitative estimate of drug-likeness (QED) is 0.857. The van der Waals surface area contributed by atoms with E-state index >= 15 is 0 Å². The van der Waals surface area contributed by atoms with Crippen molar-refractivity contribution in [3.05, 3.63) is 24.5 Å². The summed E-state index contributed by atoms with van der Waals surface area (Å²) in [5.74, 6) is 0.152. The molecule has 1 amide bonds. The molecule has 0 spiro atoms. The van der Waals surface area contributed by atoms with Crippen LogP contribution in [0.5, 0.6) is 5.75 Å². The summed E-state index contributed by atoms with van der Waals surface area (Å²) in [6.07, 6.45) is 1.22. The molecule has 8 nitrogen and oxygen atoms in total. The van der Waals surface area contributed by atoms with Gasteiger partial charge >= 0.3 is 0 Å². The van der Waals surface area contributed by atoms with Gasteiger partial charge in [-0.05, 0) is 16.5 Å². The average molecular weight is 258 g/mol. The zero-order chi connectivity index (χ0) is 13.7. The fourth-order valence-corrected chi connectivity index (χ4v) is 1.46. The van der Waals surface area contributed by atoms with Gasteiger partial charge in [-0.3, -0.25) is 4.79 Å². The summed E-state index contributed by atoms with van der Waals surface area (Å²) in [6.45, 7) is 0. The van der Waals surface area contributed by atoms with Crippen molar-refractivity contribution in [1.82, 2.24) is 20.2 Å². The van der Waals surface area contributed by atoms with Crippen LogP contribution in [0.2, 0.25) is 0 Å². The summed E-state index contributed by atoms with van der Waals surface area (Å²) in [4.78, 5) is 11.4. The highest BCUT2D eigenvalue weighted by Crippen LogP contribution is 2.22. The molecule has 0 radical (unpaired) electrons. The molecule has 1 aromatic heterocycles. The lowest BCUT2D eigenvalue weighted by Crippen LogP contribution is -2.10. The van der Waals surface area contributed by atoms with Gasteiger partial charge in [0.15, 0.2) is 0 Å². The number of carbonyl (C=O) groups excluding carboxylic acids is 1. The third kappa shape index (κ3) is 3.04. The Hall–Kier alpha value is -2.95. The molecule has 0 aliphatic heterocycles. The zero-order valence-corrected chi connectivity index (χ0v) is 10.1. The van der Waals surface area contributed by atoms with Crippen LogP contribution in [0.15, 0.2) is 24.5 Å². The number of hydrogen-bond donors (Lipinski definition) is 1. The fourth-order valence-electron chi connectivity index (χ4n) is 1.46. The van der Waals surface area contributed by atoms with E-state index in [9.17, 15) is 4.79 Å². The minimum Gasteiger partial charge on any atom is -0.497 e. The van der Waals surface area contributed by atoms with E-state index in [4.69, 9.17) is 10.00 Å². The van der Waals surface area contributed by atoms with E-state index in [1.807, 2.05) is 0 Å². The maximum Gasteiger partial charge on any atom is 0.238 e. The molecule has 0 atom stereocenters. The van der Waals surface area contributed by atoms with Gasteiger partial charge in [-0.15, -0.1) is 5.10 Å². The first-order chi connectivity index (χ1) is 9.22. The monoisotopic (exact) mass is 258 g/mol.